The molecule has 2 atom stereocenters. The molecule has 0 bridgehead atoms. The lowest BCUT2D eigenvalue weighted by Crippen LogP contribution is -2.35. The number of carbonyl (C=O) groups is 1. The quantitative estimate of drug-likeness (QED) is 0.838. The molecule has 0 spiro atoms. The molecule has 20 heavy (non-hydrogen) atoms. The van der Waals surface area contributed by atoms with E-state index in [1.54, 1.807) is 0 Å². The van der Waals surface area contributed by atoms with Crippen molar-refractivity contribution in [3.05, 3.63) is 29.3 Å². The van der Waals surface area contributed by atoms with Crippen LogP contribution in [0.2, 0.25) is 0 Å². The number of hydrogen-bond donors (Lipinski definition) is 2. The Labute approximate surface area is 120 Å². The number of fused-ring (bicyclic) bond motifs is 1. The maximum Gasteiger partial charge on any atom is 0.258 e. The van der Waals surface area contributed by atoms with Gasteiger partial charge < -0.3 is 15.8 Å². The van der Waals surface area contributed by atoms with Crippen molar-refractivity contribution in [2.24, 2.45) is 5.73 Å². The minimum absolute atomic E-state index is 0.0665. The van der Waals surface area contributed by atoms with Gasteiger partial charge in [0.1, 0.15) is 5.75 Å². The van der Waals surface area contributed by atoms with Crippen LogP contribution in [0.1, 0.15) is 50.3 Å². The van der Waals surface area contributed by atoms with Gasteiger partial charge in [-0.2, -0.15) is 0 Å². The third-order valence-corrected chi connectivity index (χ3v) is 3.74. The van der Waals surface area contributed by atoms with Gasteiger partial charge in [-0.15, -0.1) is 0 Å². The molecule has 0 saturated heterocycles. The predicted octanol–water partition coefficient (Wildman–Crippen LogP) is 2.32. The SMILES string of the molecule is CCCC(C)NC(=O)COc1ccc2c(c1)CC[C@@H]2N. The van der Waals surface area contributed by atoms with Crippen molar-refractivity contribution in [3.63, 3.8) is 0 Å². The fraction of sp³-hybridized carbons (Fsp3) is 0.562. The summed E-state index contributed by atoms with van der Waals surface area (Å²) in [5.74, 6) is 0.680. The van der Waals surface area contributed by atoms with Crippen molar-refractivity contribution in [1.29, 1.82) is 0 Å². The van der Waals surface area contributed by atoms with Crippen LogP contribution in [0.25, 0.3) is 0 Å². The molecular weight excluding hydrogens is 252 g/mol. The first-order chi connectivity index (χ1) is 9.60. The maximum atomic E-state index is 11.7. The van der Waals surface area contributed by atoms with Crippen molar-refractivity contribution in [1.82, 2.24) is 5.32 Å². The summed E-state index contributed by atoms with van der Waals surface area (Å²) in [5, 5.41) is 2.93. The van der Waals surface area contributed by atoms with Gasteiger partial charge in [-0.25, -0.2) is 0 Å². The van der Waals surface area contributed by atoms with E-state index >= 15 is 0 Å². The van der Waals surface area contributed by atoms with Crippen LogP contribution in [0.3, 0.4) is 0 Å². The highest BCUT2D eigenvalue weighted by Gasteiger charge is 2.19. The molecule has 1 aromatic carbocycles. The molecule has 110 valence electrons. The molecule has 0 saturated carbocycles. The van der Waals surface area contributed by atoms with E-state index in [0.717, 1.165) is 31.4 Å². The van der Waals surface area contributed by atoms with Crippen LogP contribution in [-0.4, -0.2) is 18.6 Å². The second-order valence-corrected chi connectivity index (χ2v) is 5.55. The average Bonchev–Trinajstić information content (AvgIpc) is 2.78. The van der Waals surface area contributed by atoms with Crippen molar-refractivity contribution in [3.8, 4) is 5.75 Å². The van der Waals surface area contributed by atoms with Crippen molar-refractivity contribution in [2.45, 2.75) is 51.6 Å². The van der Waals surface area contributed by atoms with Gasteiger partial charge in [-0.1, -0.05) is 19.4 Å². The number of aryl methyl sites for hydroxylation is 1. The summed E-state index contributed by atoms with van der Waals surface area (Å²) >= 11 is 0. The van der Waals surface area contributed by atoms with Gasteiger partial charge >= 0.3 is 0 Å². The molecule has 1 aliphatic rings. The summed E-state index contributed by atoms with van der Waals surface area (Å²) in [6.45, 7) is 4.19. The molecule has 1 amide bonds. The molecule has 1 aromatic rings. The average molecular weight is 276 g/mol. The zero-order chi connectivity index (χ0) is 14.5. The number of nitrogens with two attached hydrogens (primary N) is 1. The van der Waals surface area contributed by atoms with Gasteiger partial charge in [-0.3, -0.25) is 4.79 Å². The highest BCUT2D eigenvalue weighted by atomic mass is 16.5. The third kappa shape index (κ3) is 3.73. The Morgan fingerprint density at radius 1 is 1.55 bits per heavy atom. The summed E-state index contributed by atoms with van der Waals surface area (Å²) in [6, 6.07) is 6.27. The van der Waals surface area contributed by atoms with E-state index in [1.807, 2.05) is 25.1 Å². The topological polar surface area (TPSA) is 64.3 Å². The van der Waals surface area contributed by atoms with Crippen LogP contribution in [-0.2, 0) is 11.2 Å². The summed E-state index contributed by atoms with van der Waals surface area (Å²) in [4.78, 5) is 11.7. The lowest BCUT2D eigenvalue weighted by molar-refractivity contribution is -0.123. The predicted molar refractivity (Wildman–Crippen MR) is 79.7 cm³/mol. The summed E-state index contributed by atoms with van der Waals surface area (Å²) in [5.41, 5.74) is 8.45. The Morgan fingerprint density at radius 2 is 2.35 bits per heavy atom. The molecule has 0 aromatic heterocycles. The Hall–Kier alpha value is -1.55. The monoisotopic (exact) mass is 276 g/mol. The van der Waals surface area contributed by atoms with Crippen LogP contribution in [0, 0.1) is 0 Å². The number of rotatable bonds is 6. The van der Waals surface area contributed by atoms with Gasteiger partial charge in [0.2, 0.25) is 0 Å². The van der Waals surface area contributed by atoms with Crippen LogP contribution < -0.4 is 15.8 Å². The fourth-order valence-electron chi connectivity index (χ4n) is 2.69. The second-order valence-electron chi connectivity index (χ2n) is 5.55. The summed E-state index contributed by atoms with van der Waals surface area (Å²) in [6.07, 6.45) is 4.04. The first kappa shape index (κ1) is 14.9. The maximum absolute atomic E-state index is 11.7. The fourth-order valence-corrected chi connectivity index (χ4v) is 2.69. The minimum atomic E-state index is -0.0665. The second kappa shape index (κ2) is 6.75. The van der Waals surface area contributed by atoms with Gasteiger partial charge in [0.05, 0.1) is 0 Å². The molecule has 2 rings (SSSR count). The van der Waals surface area contributed by atoms with E-state index in [-0.39, 0.29) is 24.6 Å². The van der Waals surface area contributed by atoms with Crippen LogP contribution in [0.4, 0.5) is 0 Å². The summed E-state index contributed by atoms with van der Waals surface area (Å²) < 4.78 is 5.55. The number of benzene rings is 1. The van der Waals surface area contributed by atoms with Crippen LogP contribution >= 0.6 is 0 Å². The molecule has 4 heteroatoms. The highest BCUT2D eigenvalue weighted by Crippen LogP contribution is 2.31. The molecule has 0 radical (unpaired) electrons. The zero-order valence-corrected chi connectivity index (χ0v) is 12.3. The number of carbonyl (C=O) groups excluding carboxylic acids is 1. The highest BCUT2D eigenvalue weighted by molar-refractivity contribution is 5.77. The van der Waals surface area contributed by atoms with Gasteiger partial charge in [0, 0.05) is 12.1 Å². The van der Waals surface area contributed by atoms with Crippen molar-refractivity contribution in [2.75, 3.05) is 6.61 Å². The van der Waals surface area contributed by atoms with E-state index in [2.05, 4.69) is 12.2 Å². The zero-order valence-electron chi connectivity index (χ0n) is 12.3. The molecule has 4 nitrogen and oxygen atoms in total. The standard InChI is InChI=1S/C16H24N2O2/c1-3-4-11(2)18-16(19)10-20-13-6-7-14-12(9-13)5-8-15(14)17/h6-7,9,11,15H,3-5,8,10,17H2,1-2H3,(H,18,19)/t11?,15-/m0/s1. The molecule has 1 aliphatic carbocycles. The smallest absolute Gasteiger partial charge is 0.258 e. The normalized spacial score (nSPS) is 18.4. The van der Waals surface area contributed by atoms with Gasteiger partial charge in [0.15, 0.2) is 6.61 Å². The molecular formula is C16H24N2O2. The number of nitrogens with one attached hydrogen (secondary N) is 1. The Balaban J connectivity index is 1.84. The number of hydrogen-bond acceptors (Lipinski definition) is 3. The van der Waals surface area contributed by atoms with Crippen LogP contribution in [0.5, 0.6) is 5.75 Å². The number of amides is 1. The molecule has 0 fully saturated rings. The first-order valence-electron chi connectivity index (χ1n) is 7.40. The Morgan fingerprint density at radius 3 is 3.10 bits per heavy atom. The third-order valence-electron chi connectivity index (χ3n) is 3.74. The molecule has 0 heterocycles. The molecule has 1 unspecified atom stereocenters. The van der Waals surface area contributed by atoms with Gasteiger partial charge in [-0.05, 0) is 49.4 Å². The number of ether oxygens (including phenoxy) is 1. The van der Waals surface area contributed by atoms with E-state index in [1.165, 1.54) is 11.1 Å². The van der Waals surface area contributed by atoms with E-state index in [9.17, 15) is 4.79 Å². The minimum Gasteiger partial charge on any atom is -0.484 e. The van der Waals surface area contributed by atoms with Crippen LogP contribution in [0.15, 0.2) is 18.2 Å². The largest absolute Gasteiger partial charge is 0.484 e. The Bertz CT molecular complexity index is 474. The van der Waals surface area contributed by atoms with Gasteiger partial charge in [0.25, 0.3) is 5.91 Å². The first-order valence-corrected chi connectivity index (χ1v) is 7.40. The van der Waals surface area contributed by atoms with Crippen molar-refractivity contribution >= 4 is 5.91 Å². The van der Waals surface area contributed by atoms with E-state index in [4.69, 9.17) is 10.5 Å². The van der Waals surface area contributed by atoms with E-state index in [0.29, 0.717) is 0 Å². The molecule has 0 aliphatic heterocycles. The summed E-state index contributed by atoms with van der Waals surface area (Å²) in [7, 11) is 0. The van der Waals surface area contributed by atoms with Crippen molar-refractivity contribution < 1.29 is 9.53 Å². The lowest BCUT2D eigenvalue weighted by Gasteiger charge is -2.13. The molecule has 3 N–H and O–H groups in total. The van der Waals surface area contributed by atoms with E-state index < -0.39 is 0 Å². The lowest BCUT2D eigenvalue weighted by atomic mass is 10.1. The Kier molecular flexibility index (Phi) is 5.01.